The Hall–Kier alpha value is -3.74. The minimum absolute atomic E-state index is 0.0318. The molecule has 1 saturated heterocycles. The molecule has 0 aliphatic carbocycles. The van der Waals surface area contributed by atoms with E-state index < -0.39 is 29.7 Å². The molecule has 1 fully saturated rings. The van der Waals surface area contributed by atoms with Crippen molar-refractivity contribution in [2.24, 2.45) is 0 Å². The van der Waals surface area contributed by atoms with Gasteiger partial charge in [0.15, 0.2) is 11.8 Å². The van der Waals surface area contributed by atoms with Crippen molar-refractivity contribution in [3.63, 3.8) is 0 Å². The number of aromatic nitrogens is 5. The fourth-order valence-corrected chi connectivity index (χ4v) is 3.87. The summed E-state index contributed by atoms with van der Waals surface area (Å²) in [6, 6.07) is 6.75. The van der Waals surface area contributed by atoms with E-state index in [0.717, 1.165) is 6.20 Å². The van der Waals surface area contributed by atoms with Gasteiger partial charge < -0.3 is 15.2 Å². The number of nitrogens with zero attached hydrogens (tertiary/aromatic N) is 6. The summed E-state index contributed by atoms with van der Waals surface area (Å²) in [6.07, 6.45) is 2.09. The van der Waals surface area contributed by atoms with Crippen molar-refractivity contribution >= 4 is 34.4 Å². The van der Waals surface area contributed by atoms with E-state index >= 15 is 0 Å². The highest BCUT2D eigenvalue weighted by Gasteiger charge is 2.32. The zero-order valence-electron chi connectivity index (χ0n) is 18.0. The predicted molar refractivity (Wildman–Crippen MR) is 121 cm³/mol. The van der Waals surface area contributed by atoms with Crippen LogP contribution in [0, 0.1) is 11.6 Å². The summed E-state index contributed by atoms with van der Waals surface area (Å²) in [5.74, 6) is -1.49. The number of ether oxygens (including phenoxy) is 1. The van der Waals surface area contributed by atoms with Gasteiger partial charge in [0.2, 0.25) is 5.88 Å². The Morgan fingerprint density at radius 3 is 2.77 bits per heavy atom. The van der Waals surface area contributed by atoms with Gasteiger partial charge in [-0.15, -0.1) is 5.10 Å². The standard InChI is InChI=1S/C22H18ClF2N7O3/c23-15-2-1-3-16(25)19(15)32-9-14-20(30-32)27-11-28-22(14)35-17(10-31-7-13(33)8-31)21(34)29-18-5-4-12(24)6-26-18/h1-6,9,11,13,17,33H,7-8,10H2,(H,26,29,34)/t17-/m0/s1. The second-order valence-corrected chi connectivity index (χ2v) is 8.30. The van der Waals surface area contributed by atoms with Crippen LogP contribution in [-0.4, -0.2) is 72.5 Å². The Kier molecular flexibility index (Phi) is 6.24. The average Bonchev–Trinajstić information content (AvgIpc) is 3.23. The lowest BCUT2D eigenvalue weighted by Gasteiger charge is -2.37. The van der Waals surface area contributed by atoms with Gasteiger partial charge in [-0.25, -0.2) is 28.4 Å². The third kappa shape index (κ3) is 4.90. The highest BCUT2D eigenvalue weighted by molar-refractivity contribution is 6.32. The first-order valence-corrected chi connectivity index (χ1v) is 10.9. The first-order chi connectivity index (χ1) is 16.9. The Morgan fingerprint density at radius 1 is 1.23 bits per heavy atom. The molecule has 0 spiro atoms. The molecule has 10 nitrogen and oxygen atoms in total. The highest BCUT2D eigenvalue weighted by atomic mass is 35.5. The molecule has 1 aliphatic heterocycles. The molecular weight excluding hydrogens is 484 g/mol. The summed E-state index contributed by atoms with van der Waals surface area (Å²) in [5, 5.41) is 16.9. The van der Waals surface area contributed by atoms with Crippen LogP contribution in [0.3, 0.4) is 0 Å². The number of hydrogen-bond donors (Lipinski definition) is 2. The topological polar surface area (TPSA) is 118 Å². The van der Waals surface area contributed by atoms with Crippen molar-refractivity contribution in [2.45, 2.75) is 12.2 Å². The van der Waals surface area contributed by atoms with E-state index in [-0.39, 0.29) is 34.6 Å². The smallest absolute Gasteiger partial charge is 0.268 e. The summed E-state index contributed by atoms with van der Waals surface area (Å²) in [7, 11) is 0. The number of carbonyl (C=O) groups excluding carboxylic acids is 1. The minimum Gasteiger partial charge on any atom is -0.462 e. The Morgan fingerprint density at radius 2 is 2.06 bits per heavy atom. The zero-order valence-corrected chi connectivity index (χ0v) is 18.7. The van der Waals surface area contributed by atoms with Gasteiger partial charge in [-0.1, -0.05) is 17.7 Å². The second-order valence-electron chi connectivity index (χ2n) is 7.89. The van der Waals surface area contributed by atoms with Crippen LogP contribution in [0.2, 0.25) is 5.02 Å². The Bertz CT molecular complexity index is 1360. The number of benzene rings is 1. The summed E-state index contributed by atoms with van der Waals surface area (Å²) in [5.41, 5.74) is 0.234. The van der Waals surface area contributed by atoms with Crippen molar-refractivity contribution in [1.29, 1.82) is 0 Å². The van der Waals surface area contributed by atoms with Crippen molar-refractivity contribution in [3.8, 4) is 11.6 Å². The van der Waals surface area contributed by atoms with E-state index in [1.54, 1.807) is 0 Å². The van der Waals surface area contributed by atoms with E-state index in [4.69, 9.17) is 16.3 Å². The maximum Gasteiger partial charge on any atom is 0.268 e. The molecule has 3 aromatic heterocycles. The number of β-amino-alcohol motifs (C(OH)–C–C–N with tert-alkyl or cyclic N) is 1. The lowest BCUT2D eigenvalue weighted by Crippen LogP contribution is -2.55. The number of nitrogens with one attached hydrogen (secondary N) is 1. The minimum atomic E-state index is -1.08. The van der Waals surface area contributed by atoms with Gasteiger partial charge >= 0.3 is 0 Å². The number of amides is 1. The summed E-state index contributed by atoms with van der Waals surface area (Å²) in [4.78, 5) is 26.9. The number of aliphatic hydroxyl groups excluding tert-OH is 1. The number of rotatable bonds is 7. The highest BCUT2D eigenvalue weighted by Crippen LogP contribution is 2.28. The molecule has 4 heterocycles. The van der Waals surface area contributed by atoms with Crippen molar-refractivity contribution in [1.82, 2.24) is 29.6 Å². The molecular formula is C22H18ClF2N7O3. The van der Waals surface area contributed by atoms with Crippen LogP contribution >= 0.6 is 11.6 Å². The molecule has 13 heteroatoms. The van der Waals surface area contributed by atoms with Crippen LogP contribution in [-0.2, 0) is 4.79 Å². The van der Waals surface area contributed by atoms with Gasteiger partial charge in [-0.3, -0.25) is 9.69 Å². The lowest BCUT2D eigenvalue weighted by atomic mass is 10.1. The third-order valence-electron chi connectivity index (χ3n) is 5.33. The van der Waals surface area contributed by atoms with Crippen LogP contribution in [0.1, 0.15) is 0 Å². The van der Waals surface area contributed by atoms with Gasteiger partial charge in [0.25, 0.3) is 5.91 Å². The predicted octanol–water partition coefficient (Wildman–Crippen LogP) is 2.20. The van der Waals surface area contributed by atoms with E-state index in [1.165, 1.54) is 47.5 Å². The molecule has 1 aliphatic rings. The largest absolute Gasteiger partial charge is 0.462 e. The van der Waals surface area contributed by atoms with Gasteiger partial charge in [0.1, 0.15) is 34.9 Å². The first-order valence-electron chi connectivity index (χ1n) is 10.5. The van der Waals surface area contributed by atoms with Crippen LogP contribution in [0.4, 0.5) is 14.6 Å². The number of halogens is 3. The maximum absolute atomic E-state index is 14.4. The maximum atomic E-state index is 14.4. The fraction of sp³-hybridized carbons (Fsp3) is 0.227. The van der Waals surface area contributed by atoms with E-state index in [9.17, 15) is 18.7 Å². The molecule has 1 amide bonds. The van der Waals surface area contributed by atoms with Crippen LogP contribution in [0.15, 0.2) is 49.1 Å². The fourth-order valence-electron chi connectivity index (χ4n) is 3.62. The second kappa shape index (κ2) is 9.49. The molecule has 0 unspecified atom stereocenters. The van der Waals surface area contributed by atoms with Crippen molar-refractivity contribution in [2.75, 3.05) is 25.0 Å². The van der Waals surface area contributed by atoms with Gasteiger partial charge in [0, 0.05) is 25.8 Å². The van der Waals surface area contributed by atoms with Gasteiger partial charge in [-0.2, -0.15) is 0 Å². The number of fused-ring (bicyclic) bond motifs is 1. The van der Waals surface area contributed by atoms with Crippen LogP contribution < -0.4 is 10.1 Å². The number of likely N-dealkylation sites (tertiary alicyclic amines) is 1. The van der Waals surface area contributed by atoms with Crippen LogP contribution in [0.5, 0.6) is 5.88 Å². The normalized spacial score (nSPS) is 15.1. The molecule has 5 rings (SSSR count). The molecule has 2 N–H and O–H groups in total. The number of para-hydroxylation sites is 1. The number of hydrogen-bond acceptors (Lipinski definition) is 8. The van der Waals surface area contributed by atoms with Gasteiger partial charge in [0.05, 0.1) is 17.3 Å². The molecule has 4 aromatic rings. The molecule has 0 bridgehead atoms. The number of aliphatic hydroxyl groups is 1. The van der Waals surface area contributed by atoms with Crippen molar-refractivity contribution < 1.29 is 23.4 Å². The van der Waals surface area contributed by atoms with Crippen LogP contribution in [0.25, 0.3) is 16.7 Å². The summed E-state index contributed by atoms with van der Waals surface area (Å²) in [6.45, 7) is 0.901. The first kappa shape index (κ1) is 23.0. The molecule has 1 atom stereocenters. The summed E-state index contributed by atoms with van der Waals surface area (Å²) >= 11 is 6.16. The van der Waals surface area contributed by atoms with Crippen molar-refractivity contribution in [3.05, 3.63) is 65.7 Å². The molecule has 180 valence electrons. The Labute approximate surface area is 202 Å². The Balaban J connectivity index is 1.44. The molecule has 1 aromatic carbocycles. The molecule has 0 saturated carbocycles. The molecule has 0 radical (unpaired) electrons. The molecule has 35 heavy (non-hydrogen) atoms. The van der Waals surface area contributed by atoms with E-state index in [2.05, 4.69) is 25.4 Å². The third-order valence-corrected chi connectivity index (χ3v) is 5.64. The quantitative estimate of drug-likeness (QED) is 0.396. The lowest BCUT2D eigenvalue weighted by molar-refractivity contribution is -0.125. The van der Waals surface area contributed by atoms with Gasteiger partial charge in [-0.05, 0) is 24.3 Å². The SMILES string of the molecule is O=C(Nc1ccc(F)cn1)[C@H](CN1CC(O)C1)Oc1ncnc2nn(-c3c(F)cccc3Cl)cc12. The number of carbonyl (C=O) groups is 1. The summed E-state index contributed by atoms with van der Waals surface area (Å²) < 4.78 is 34.8. The monoisotopic (exact) mass is 501 g/mol. The average molecular weight is 502 g/mol. The zero-order chi connectivity index (χ0) is 24.5. The number of pyridine rings is 1. The van der Waals surface area contributed by atoms with E-state index in [0.29, 0.717) is 18.5 Å². The number of anilines is 1. The van der Waals surface area contributed by atoms with E-state index in [1.807, 2.05) is 4.90 Å².